The van der Waals surface area contributed by atoms with Crippen LogP contribution in [0.2, 0.25) is 0 Å². The van der Waals surface area contributed by atoms with Crippen LogP contribution in [0, 0.1) is 0 Å². The Morgan fingerprint density at radius 1 is 1.03 bits per heavy atom. The van der Waals surface area contributed by atoms with E-state index >= 15 is 0 Å². The van der Waals surface area contributed by atoms with Gasteiger partial charge in [-0.25, -0.2) is 0 Å². The number of nitrogens with zero attached hydrogens (tertiary/aromatic N) is 1. The minimum Gasteiger partial charge on any atom is -0.497 e. The summed E-state index contributed by atoms with van der Waals surface area (Å²) in [5, 5.41) is 13.5. The van der Waals surface area contributed by atoms with Gasteiger partial charge in [-0.05, 0) is 66.3 Å². The van der Waals surface area contributed by atoms with E-state index in [1.54, 1.807) is 28.3 Å². The van der Waals surface area contributed by atoms with Gasteiger partial charge in [0, 0.05) is 24.8 Å². The molecule has 2 unspecified atom stereocenters. The van der Waals surface area contributed by atoms with Crippen LogP contribution < -0.4 is 14.2 Å². The van der Waals surface area contributed by atoms with Crippen molar-refractivity contribution in [3.05, 3.63) is 41.5 Å². The molecule has 2 saturated heterocycles. The van der Waals surface area contributed by atoms with Gasteiger partial charge in [-0.2, -0.15) is 5.06 Å². The van der Waals surface area contributed by atoms with Crippen LogP contribution in [0.15, 0.2) is 30.3 Å². The van der Waals surface area contributed by atoms with E-state index < -0.39 is 6.10 Å². The molecule has 2 aromatic rings. The lowest BCUT2D eigenvalue weighted by Gasteiger charge is -2.52. The number of Topliss-reactive ketones (excluding diaryl/α,β-unsaturated/α-hetero) is 1. The van der Waals surface area contributed by atoms with Gasteiger partial charge < -0.3 is 19.3 Å². The fraction of sp³-hybridized carbons (Fsp3) is 0.500. The van der Waals surface area contributed by atoms with Gasteiger partial charge in [-0.3, -0.25) is 9.63 Å². The fourth-order valence-corrected chi connectivity index (χ4v) is 5.90. The molecule has 33 heavy (non-hydrogen) atoms. The number of hydroxylamine groups is 2. The second-order valence-electron chi connectivity index (χ2n) is 9.25. The number of hydrogen-bond donors (Lipinski definition) is 1. The lowest BCUT2D eigenvalue weighted by atomic mass is 9.65. The number of ether oxygens (including phenoxy) is 3. The van der Waals surface area contributed by atoms with Crippen LogP contribution in [-0.2, 0) is 9.63 Å². The summed E-state index contributed by atoms with van der Waals surface area (Å²) in [4.78, 5) is 17.9. The van der Waals surface area contributed by atoms with Crippen molar-refractivity contribution in [2.75, 3.05) is 27.9 Å². The Kier molecular flexibility index (Phi) is 5.80. The average molecular weight is 454 g/mol. The highest BCUT2D eigenvalue weighted by atomic mass is 16.7. The molecule has 7 nitrogen and oxygen atoms in total. The molecule has 2 fully saturated rings. The molecule has 5 rings (SSSR count). The van der Waals surface area contributed by atoms with E-state index in [1.807, 2.05) is 29.3 Å². The van der Waals surface area contributed by atoms with Gasteiger partial charge >= 0.3 is 0 Å². The van der Waals surface area contributed by atoms with E-state index in [0.29, 0.717) is 24.5 Å². The van der Waals surface area contributed by atoms with E-state index in [9.17, 15) is 9.90 Å². The van der Waals surface area contributed by atoms with Crippen molar-refractivity contribution in [2.24, 2.45) is 0 Å². The summed E-state index contributed by atoms with van der Waals surface area (Å²) < 4.78 is 16.7. The minimum atomic E-state index is -0.601. The first-order valence-electron chi connectivity index (χ1n) is 11.5. The Labute approximate surface area is 194 Å². The molecule has 1 aliphatic carbocycles. The molecule has 0 bridgehead atoms. The maximum absolute atomic E-state index is 11.7. The van der Waals surface area contributed by atoms with Gasteiger partial charge in [-0.1, -0.05) is 6.07 Å². The number of benzene rings is 2. The van der Waals surface area contributed by atoms with Crippen molar-refractivity contribution < 1.29 is 28.9 Å². The Morgan fingerprint density at radius 2 is 1.76 bits per heavy atom. The Morgan fingerprint density at radius 3 is 2.45 bits per heavy atom. The van der Waals surface area contributed by atoms with Crippen molar-refractivity contribution in [1.82, 2.24) is 5.06 Å². The smallest absolute Gasteiger partial charge is 0.161 e. The molecule has 0 radical (unpaired) electrons. The number of fused-ring (bicyclic) bond motifs is 7. The molecule has 2 aromatic carbocycles. The van der Waals surface area contributed by atoms with Gasteiger partial charge in [-0.15, -0.1) is 0 Å². The number of carbonyl (C=O) groups excluding carboxylic acids is 1. The third kappa shape index (κ3) is 3.68. The van der Waals surface area contributed by atoms with Crippen molar-refractivity contribution in [2.45, 2.75) is 56.3 Å². The Balaban J connectivity index is 1.61. The second kappa shape index (κ2) is 8.63. The Bertz CT molecular complexity index is 1070. The number of ketones is 1. The third-order valence-electron chi connectivity index (χ3n) is 7.39. The van der Waals surface area contributed by atoms with Crippen LogP contribution in [-0.4, -0.2) is 62.1 Å². The zero-order valence-electron chi connectivity index (χ0n) is 19.5. The van der Waals surface area contributed by atoms with E-state index in [2.05, 4.69) is 6.07 Å². The normalized spacial score (nSPS) is 28.1. The van der Waals surface area contributed by atoms with E-state index in [0.717, 1.165) is 40.8 Å². The summed E-state index contributed by atoms with van der Waals surface area (Å²) >= 11 is 0. The summed E-state index contributed by atoms with van der Waals surface area (Å²) in [6.45, 7) is 2.23. The third-order valence-corrected chi connectivity index (χ3v) is 7.39. The first-order chi connectivity index (χ1) is 15.9. The molecule has 1 N–H and O–H groups in total. The summed E-state index contributed by atoms with van der Waals surface area (Å²) in [7, 11) is 4.93. The highest BCUT2D eigenvalue weighted by Gasteiger charge is 2.50. The number of rotatable bonds is 5. The van der Waals surface area contributed by atoms with Crippen LogP contribution in [0.3, 0.4) is 0 Å². The molecule has 7 heteroatoms. The molecule has 0 spiro atoms. The number of aliphatic hydroxyl groups is 1. The molecule has 0 amide bonds. The van der Waals surface area contributed by atoms with Gasteiger partial charge in [0.05, 0.1) is 39.6 Å². The van der Waals surface area contributed by atoms with Crippen molar-refractivity contribution in [3.8, 4) is 28.4 Å². The predicted molar refractivity (Wildman–Crippen MR) is 123 cm³/mol. The number of methoxy groups -OCH3 is 3. The zero-order valence-corrected chi connectivity index (χ0v) is 19.5. The van der Waals surface area contributed by atoms with Crippen LogP contribution in [0.5, 0.6) is 17.2 Å². The number of aliphatic hydroxyl groups excluding tert-OH is 1. The van der Waals surface area contributed by atoms with Crippen LogP contribution in [0.4, 0.5) is 0 Å². The largest absolute Gasteiger partial charge is 0.497 e. The fourth-order valence-electron chi connectivity index (χ4n) is 5.90. The van der Waals surface area contributed by atoms with E-state index in [1.165, 1.54) is 0 Å². The quantitative estimate of drug-likeness (QED) is 0.740. The molecular formula is C26H31NO6. The summed E-state index contributed by atoms with van der Waals surface area (Å²) in [6, 6.07) is 10.0. The SMILES string of the molecule is COc1ccc2c(c1)-c1cc(OC)c(OC)cc1C1CN3O[C@@H](CC(C)=O)CC[C@H]3[C@@H](O)C21. The monoisotopic (exact) mass is 453 g/mol. The maximum atomic E-state index is 11.7. The second-order valence-corrected chi connectivity index (χ2v) is 9.25. The molecule has 5 atom stereocenters. The maximum Gasteiger partial charge on any atom is 0.161 e. The van der Waals surface area contributed by atoms with Gasteiger partial charge in [0.15, 0.2) is 11.5 Å². The highest BCUT2D eigenvalue weighted by Crippen LogP contribution is 2.55. The van der Waals surface area contributed by atoms with Crippen molar-refractivity contribution >= 4 is 5.78 Å². The summed E-state index contributed by atoms with van der Waals surface area (Å²) in [5.41, 5.74) is 4.29. The lowest BCUT2D eigenvalue weighted by Crippen LogP contribution is -2.58. The first kappa shape index (κ1) is 22.2. The van der Waals surface area contributed by atoms with Crippen LogP contribution in [0.1, 0.15) is 49.1 Å². The van der Waals surface area contributed by atoms with Crippen LogP contribution in [0.25, 0.3) is 11.1 Å². The molecule has 0 saturated carbocycles. The van der Waals surface area contributed by atoms with E-state index in [4.69, 9.17) is 19.0 Å². The zero-order chi connectivity index (χ0) is 23.3. The van der Waals surface area contributed by atoms with E-state index in [-0.39, 0.29) is 29.8 Å². The number of piperidine rings is 1. The molecule has 2 heterocycles. The lowest BCUT2D eigenvalue weighted by molar-refractivity contribution is -0.280. The van der Waals surface area contributed by atoms with Gasteiger partial charge in [0.2, 0.25) is 0 Å². The summed E-state index contributed by atoms with van der Waals surface area (Å²) in [6.07, 6.45) is 1.24. The molecule has 3 aliphatic rings. The topological polar surface area (TPSA) is 77.5 Å². The van der Waals surface area contributed by atoms with Crippen LogP contribution >= 0.6 is 0 Å². The first-order valence-corrected chi connectivity index (χ1v) is 11.5. The summed E-state index contributed by atoms with van der Waals surface area (Å²) in [5.74, 6) is 2.14. The Hall–Kier alpha value is -2.61. The molecular weight excluding hydrogens is 422 g/mol. The highest BCUT2D eigenvalue weighted by molar-refractivity contribution is 5.79. The average Bonchev–Trinajstić information content (AvgIpc) is 2.82. The number of hydrogen-bond acceptors (Lipinski definition) is 7. The van der Waals surface area contributed by atoms with Crippen molar-refractivity contribution in [1.29, 1.82) is 0 Å². The number of carbonyl (C=O) groups is 1. The molecule has 0 aromatic heterocycles. The predicted octanol–water partition coefficient (Wildman–Crippen LogP) is 3.68. The standard InChI is InChI=1S/C26H31NO6/c1-14(28)9-16-6-8-22-26(29)25-17-7-5-15(30-2)10-18(17)19-11-23(31-3)24(32-4)12-20(19)21(25)13-27(22)33-16/h5,7,10-12,16,21-22,25-26,29H,6,8-9,13H2,1-4H3/t16-,21?,22+,25?,26-/m1/s1. The van der Waals surface area contributed by atoms with Crippen molar-refractivity contribution in [3.63, 3.8) is 0 Å². The van der Waals surface area contributed by atoms with Gasteiger partial charge in [0.25, 0.3) is 0 Å². The molecule has 2 aliphatic heterocycles. The minimum absolute atomic E-state index is 0.00280. The van der Waals surface area contributed by atoms with Gasteiger partial charge in [0.1, 0.15) is 11.5 Å². The molecule has 176 valence electrons.